The number of para-hydroxylation sites is 2. The lowest BCUT2D eigenvalue weighted by atomic mass is 9.99. The van der Waals surface area contributed by atoms with Crippen LogP contribution in [0.2, 0.25) is 0 Å². The van der Waals surface area contributed by atoms with Gasteiger partial charge in [0.15, 0.2) is 0 Å². The largest absolute Gasteiger partial charge is 0.341 e. The Bertz CT molecular complexity index is 910. The van der Waals surface area contributed by atoms with Crippen LogP contribution in [0.15, 0.2) is 78.9 Å². The van der Waals surface area contributed by atoms with Crippen LogP contribution in [0, 0.1) is 0 Å². The molecule has 0 radical (unpaired) electrons. The number of hydrogen-bond acceptors (Lipinski definition) is 0. The molecule has 1 atom stereocenters. The molecule has 0 amide bonds. The second-order valence-corrected chi connectivity index (χ2v) is 7.91. The summed E-state index contributed by atoms with van der Waals surface area (Å²) >= 11 is 0. The highest BCUT2D eigenvalue weighted by Gasteiger charge is 2.06. The maximum atomic E-state index is 2.37. The molecular weight excluding hydrogens is 374 g/mol. The first-order valence-electron chi connectivity index (χ1n) is 12.1. The number of aromatic nitrogens is 1. The van der Waals surface area contributed by atoms with Crippen molar-refractivity contribution in [2.45, 2.75) is 80.2 Å². The van der Waals surface area contributed by atoms with Gasteiger partial charge in [0, 0.05) is 28.4 Å². The van der Waals surface area contributed by atoms with E-state index in [1.54, 1.807) is 0 Å². The fraction of sp³-hybridized carbons (Fsp3) is 0.400. The van der Waals surface area contributed by atoms with Crippen molar-refractivity contribution in [3.8, 4) is 0 Å². The van der Waals surface area contributed by atoms with E-state index in [0.29, 0.717) is 5.92 Å². The standard InChI is InChI=1S/C14H13N.C10H14.2C3H8/c1-2-15-13-9-5-3-7-11(13)12-8-4-6-10-14(12)15;1-3-9(2)10-7-5-4-6-8-10;2*1-3-2/h3-10H,2H2,1H3;4-9H,3H2,1-2H3;2*3H2,1-2H3. The monoisotopic (exact) mass is 417 g/mol. The Morgan fingerprint density at radius 2 is 0.968 bits per heavy atom. The first-order valence-corrected chi connectivity index (χ1v) is 12.1. The lowest BCUT2D eigenvalue weighted by molar-refractivity contribution is 0.733. The molecule has 0 bridgehead atoms. The average Bonchev–Trinajstić information content (AvgIpc) is 3.14. The molecule has 4 aromatic rings. The molecule has 4 rings (SSSR count). The van der Waals surface area contributed by atoms with Crippen LogP contribution in [-0.4, -0.2) is 4.57 Å². The zero-order valence-corrected chi connectivity index (χ0v) is 20.9. The topological polar surface area (TPSA) is 4.93 Å². The lowest BCUT2D eigenvalue weighted by Crippen LogP contribution is -1.91. The Morgan fingerprint density at radius 3 is 1.35 bits per heavy atom. The van der Waals surface area contributed by atoms with E-state index in [1.165, 1.54) is 46.6 Å². The summed E-state index contributed by atoms with van der Waals surface area (Å²) in [5.74, 6) is 0.709. The summed E-state index contributed by atoms with van der Waals surface area (Å²) in [5.41, 5.74) is 4.12. The summed E-state index contributed by atoms with van der Waals surface area (Å²) < 4.78 is 2.37. The number of hydrogen-bond donors (Lipinski definition) is 0. The lowest BCUT2D eigenvalue weighted by Gasteiger charge is -2.06. The highest BCUT2D eigenvalue weighted by Crippen LogP contribution is 2.28. The van der Waals surface area contributed by atoms with Gasteiger partial charge in [-0.05, 0) is 37.0 Å². The molecule has 1 heterocycles. The Hall–Kier alpha value is -2.54. The minimum Gasteiger partial charge on any atom is -0.341 e. The number of rotatable bonds is 3. The van der Waals surface area contributed by atoms with Crippen LogP contribution in [0.5, 0.6) is 0 Å². The Labute approximate surface area is 191 Å². The SMILES string of the molecule is CCC.CCC.CCC(C)c1ccccc1.CCn1c2ccccc2c2ccccc21. The van der Waals surface area contributed by atoms with Crippen molar-refractivity contribution in [3.05, 3.63) is 84.4 Å². The van der Waals surface area contributed by atoms with Gasteiger partial charge in [0.2, 0.25) is 0 Å². The number of fused-ring (bicyclic) bond motifs is 3. The van der Waals surface area contributed by atoms with E-state index in [9.17, 15) is 0 Å². The van der Waals surface area contributed by atoms with Gasteiger partial charge in [-0.3, -0.25) is 0 Å². The fourth-order valence-corrected chi connectivity index (χ4v) is 3.36. The Kier molecular flexibility index (Phi) is 13.1. The highest BCUT2D eigenvalue weighted by molar-refractivity contribution is 6.07. The van der Waals surface area contributed by atoms with E-state index < -0.39 is 0 Å². The van der Waals surface area contributed by atoms with E-state index in [1.807, 2.05) is 0 Å². The summed E-state index contributed by atoms with van der Waals surface area (Å²) in [4.78, 5) is 0. The zero-order valence-electron chi connectivity index (χ0n) is 20.9. The second kappa shape index (κ2) is 15.3. The summed E-state index contributed by atoms with van der Waals surface area (Å²) in [6, 6.07) is 27.8. The van der Waals surface area contributed by atoms with Gasteiger partial charge in [0.25, 0.3) is 0 Å². The zero-order chi connectivity index (χ0) is 23.1. The smallest absolute Gasteiger partial charge is 0.0491 e. The first kappa shape index (κ1) is 26.5. The van der Waals surface area contributed by atoms with Gasteiger partial charge in [-0.2, -0.15) is 0 Å². The summed E-state index contributed by atoms with van der Waals surface area (Å²) in [7, 11) is 0. The quantitative estimate of drug-likeness (QED) is 0.312. The molecule has 0 aliphatic rings. The van der Waals surface area contributed by atoms with Crippen LogP contribution < -0.4 is 0 Å². The minimum absolute atomic E-state index is 0.709. The predicted molar refractivity (Wildman–Crippen MR) is 142 cm³/mol. The van der Waals surface area contributed by atoms with E-state index in [2.05, 4.69) is 132 Å². The van der Waals surface area contributed by atoms with Gasteiger partial charge in [-0.1, -0.05) is 121 Å². The normalized spacial score (nSPS) is 10.8. The molecule has 0 saturated carbocycles. The number of nitrogens with zero attached hydrogens (tertiary/aromatic N) is 1. The van der Waals surface area contributed by atoms with Crippen molar-refractivity contribution in [1.29, 1.82) is 0 Å². The summed E-state index contributed by atoms with van der Waals surface area (Å²) in [5, 5.41) is 2.71. The third kappa shape index (κ3) is 7.90. The van der Waals surface area contributed by atoms with E-state index in [4.69, 9.17) is 0 Å². The van der Waals surface area contributed by atoms with Gasteiger partial charge in [-0.25, -0.2) is 0 Å². The molecule has 0 fully saturated rings. The highest BCUT2D eigenvalue weighted by atomic mass is 15.0. The maximum Gasteiger partial charge on any atom is 0.0491 e. The molecule has 168 valence electrons. The van der Waals surface area contributed by atoms with E-state index >= 15 is 0 Å². The minimum atomic E-state index is 0.709. The molecular formula is C30H43N. The molecule has 1 aromatic heterocycles. The van der Waals surface area contributed by atoms with Crippen LogP contribution in [0.3, 0.4) is 0 Å². The third-order valence-corrected chi connectivity index (χ3v) is 4.98. The van der Waals surface area contributed by atoms with Crippen molar-refractivity contribution in [1.82, 2.24) is 4.57 Å². The van der Waals surface area contributed by atoms with E-state index in [-0.39, 0.29) is 0 Å². The molecule has 0 spiro atoms. The van der Waals surface area contributed by atoms with Crippen LogP contribution in [0.4, 0.5) is 0 Å². The summed E-state index contributed by atoms with van der Waals surface area (Å²) in [6.07, 6.45) is 3.73. The molecule has 0 aliphatic carbocycles. The fourth-order valence-electron chi connectivity index (χ4n) is 3.36. The van der Waals surface area contributed by atoms with Crippen molar-refractivity contribution < 1.29 is 0 Å². The Morgan fingerprint density at radius 1 is 0.581 bits per heavy atom. The average molecular weight is 418 g/mol. The van der Waals surface area contributed by atoms with Crippen molar-refractivity contribution in [3.63, 3.8) is 0 Å². The van der Waals surface area contributed by atoms with Gasteiger partial charge in [0.1, 0.15) is 0 Å². The third-order valence-electron chi connectivity index (χ3n) is 4.98. The molecule has 1 unspecified atom stereocenters. The van der Waals surface area contributed by atoms with Crippen LogP contribution in [0.1, 0.15) is 79.2 Å². The predicted octanol–water partition coefficient (Wildman–Crippen LogP) is 9.85. The van der Waals surface area contributed by atoms with Crippen LogP contribution in [-0.2, 0) is 6.54 Å². The first-order chi connectivity index (χ1) is 15.1. The molecule has 1 heteroatoms. The van der Waals surface area contributed by atoms with Gasteiger partial charge in [0.05, 0.1) is 0 Å². The van der Waals surface area contributed by atoms with Crippen molar-refractivity contribution in [2.75, 3.05) is 0 Å². The van der Waals surface area contributed by atoms with Crippen LogP contribution in [0.25, 0.3) is 21.8 Å². The summed E-state index contributed by atoms with van der Waals surface area (Å²) in [6.45, 7) is 16.2. The van der Waals surface area contributed by atoms with Crippen LogP contribution >= 0.6 is 0 Å². The number of aryl methyl sites for hydroxylation is 1. The van der Waals surface area contributed by atoms with Gasteiger partial charge < -0.3 is 4.57 Å². The second-order valence-electron chi connectivity index (χ2n) is 7.91. The molecule has 0 N–H and O–H groups in total. The van der Waals surface area contributed by atoms with Crippen molar-refractivity contribution in [2.24, 2.45) is 0 Å². The molecule has 1 nitrogen and oxygen atoms in total. The van der Waals surface area contributed by atoms with Crippen molar-refractivity contribution >= 4 is 21.8 Å². The number of benzene rings is 3. The molecule has 0 aliphatic heterocycles. The van der Waals surface area contributed by atoms with Gasteiger partial charge >= 0.3 is 0 Å². The maximum absolute atomic E-state index is 2.37. The Balaban J connectivity index is 0.000000261. The van der Waals surface area contributed by atoms with Gasteiger partial charge in [-0.15, -0.1) is 0 Å². The molecule has 3 aromatic carbocycles. The van der Waals surface area contributed by atoms with E-state index in [0.717, 1.165) is 6.54 Å². The molecule has 0 saturated heterocycles. The molecule has 31 heavy (non-hydrogen) atoms.